The molecule has 276 valence electrons. The van der Waals surface area contributed by atoms with Crippen molar-refractivity contribution in [1.29, 1.82) is 0 Å². The van der Waals surface area contributed by atoms with Gasteiger partial charge in [-0.3, -0.25) is 0 Å². The van der Waals surface area contributed by atoms with Crippen LogP contribution < -0.4 is 0 Å². The highest BCUT2D eigenvalue weighted by molar-refractivity contribution is 5.48. The van der Waals surface area contributed by atoms with Gasteiger partial charge in [0, 0.05) is 10.8 Å². The zero-order chi connectivity index (χ0) is 36.4. The van der Waals surface area contributed by atoms with E-state index in [0.717, 1.165) is 73.6 Å². The number of aromatic hydroxyl groups is 2. The summed E-state index contributed by atoms with van der Waals surface area (Å²) in [6.07, 6.45) is 6.90. The largest absolute Gasteiger partial charge is 0.507 e. The highest BCUT2D eigenvalue weighted by atomic mass is 16.7. The van der Waals surface area contributed by atoms with Crippen LogP contribution >= 0.6 is 0 Å². The van der Waals surface area contributed by atoms with E-state index in [9.17, 15) is 10.2 Å². The summed E-state index contributed by atoms with van der Waals surface area (Å²) in [5.41, 5.74) is 5.30. The Hall–Kier alpha value is -2.12. The minimum Gasteiger partial charge on any atom is -0.507 e. The van der Waals surface area contributed by atoms with Crippen LogP contribution in [0.25, 0.3) is 0 Å². The van der Waals surface area contributed by atoms with Crippen molar-refractivity contribution in [2.75, 3.05) is 26.4 Å². The second-order valence-corrected chi connectivity index (χ2v) is 18.7. The van der Waals surface area contributed by atoms with Crippen LogP contribution in [-0.4, -0.2) is 49.2 Å². The quantitative estimate of drug-likeness (QED) is 0.232. The molecule has 2 fully saturated rings. The average molecular weight is 681 g/mol. The highest BCUT2D eigenvalue weighted by Crippen LogP contribution is 2.43. The van der Waals surface area contributed by atoms with Gasteiger partial charge in [-0.2, -0.15) is 0 Å². The van der Waals surface area contributed by atoms with E-state index in [-0.39, 0.29) is 39.7 Å². The lowest BCUT2D eigenvalue weighted by Crippen LogP contribution is -2.56. The molecule has 0 unspecified atom stereocenters. The van der Waals surface area contributed by atoms with Crippen molar-refractivity contribution in [2.24, 2.45) is 16.2 Å². The van der Waals surface area contributed by atoms with Gasteiger partial charge in [0.15, 0.2) is 12.6 Å². The number of aryl methyl sites for hydroxylation is 2. The lowest BCUT2D eigenvalue weighted by Gasteiger charge is -2.49. The van der Waals surface area contributed by atoms with E-state index < -0.39 is 0 Å². The molecule has 49 heavy (non-hydrogen) atoms. The lowest BCUT2D eigenvalue weighted by molar-refractivity contribution is -0.333. The van der Waals surface area contributed by atoms with E-state index in [1.165, 1.54) is 11.1 Å². The third-order valence-corrected chi connectivity index (χ3v) is 10.5. The van der Waals surface area contributed by atoms with E-state index in [2.05, 4.69) is 107 Å². The molecule has 2 saturated heterocycles. The van der Waals surface area contributed by atoms with Crippen molar-refractivity contribution in [3.63, 3.8) is 0 Å². The number of ether oxygens (including phenoxy) is 4. The first-order valence-corrected chi connectivity index (χ1v) is 18.9. The van der Waals surface area contributed by atoms with Gasteiger partial charge in [-0.15, -0.1) is 0 Å². The number of hydrogen-bond donors (Lipinski definition) is 2. The van der Waals surface area contributed by atoms with Crippen molar-refractivity contribution in [2.45, 2.75) is 158 Å². The molecule has 6 nitrogen and oxygen atoms in total. The highest BCUT2D eigenvalue weighted by Gasteiger charge is 2.48. The van der Waals surface area contributed by atoms with Gasteiger partial charge in [0.05, 0.1) is 31.8 Å². The fourth-order valence-corrected chi connectivity index (χ4v) is 7.46. The number of phenolic OH excluding ortho intramolecular Hbond substituents is 2. The third-order valence-electron chi connectivity index (χ3n) is 10.5. The normalized spacial score (nSPS) is 22.5. The van der Waals surface area contributed by atoms with Gasteiger partial charge in [-0.1, -0.05) is 120 Å². The molecule has 0 radical (unpaired) electrons. The van der Waals surface area contributed by atoms with Crippen molar-refractivity contribution < 1.29 is 29.2 Å². The van der Waals surface area contributed by atoms with E-state index in [4.69, 9.17) is 18.9 Å². The maximum Gasteiger partial charge on any atom is 0.162 e. The number of unbranched alkanes of at least 4 members (excludes halogenated alkanes) is 2. The van der Waals surface area contributed by atoms with Crippen LogP contribution in [-0.2, 0) is 55.5 Å². The number of benzene rings is 2. The predicted octanol–water partition coefficient (Wildman–Crippen LogP) is 9.95. The molecule has 0 amide bonds. The van der Waals surface area contributed by atoms with Crippen LogP contribution in [0, 0.1) is 16.2 Å². The molecule has 0 aliphatic carbocycles. The summed E-state index contributed by atoms with van der Waals surface area (Å²) in [5, 5.41) is 22.2. The first kappa shape index (κ1) is 39.7. The summed E-state index contributed by atoms with van der Waals surface area (Å²) in [7, 11) is 0. The van der Waals surface area contributed by atoms with Crippen LogP contribution in [0.4, 0.5) is 0 Å². The van der Waals surface area contributed by atoms with E-state index >= 15 is 0 Å². The van der Waals surface area contributed by atoms with Crippen LogP contribution in [0.1, 0.15) is 142 Å². The smallest absolute Gasteiger partial charge is 0.162 e. The van der Waals surface area contributed by atoms with Gasteiger partial charge < -0.3 is 29.2 Å². The molecule has 2 N–H and O–H groups in total. The Morgan fingerprint density at radius 1 is 0.571 bits per heavy atom. The minimum atomic E-state index is -0.355. The van der Waals surface area contributed by atoms with Gasteiger partial charge in [-0.05, 0) is 82.7 Å². The Bertz CT molecular complexity index is 1280. The van der Waals surface area contributed by atoms with Crippen molar-refractivity contribution in [1.82, 2.24) is 0 Å². The average Bonchev–Trinajstić information content (AvgIpc) is 3.00. The molecule has 0 aromatic heterocycles. The van der Waals surface area contributed by atoms with Crippen molar-refractivity contribution >= 4 is 0 Å². The molecule has 0 bridgehead atoms. The molecular formula is C43H68O6. The van der Waals surface area contributed by atoms with E-state index in [1.807, 2.05) is 0 Å². The maximum absolute atomic E-state index is 11.1. The van der Waals surface area contributed by atoms with E-state index in [0.29, 0.717) is 37.9 Å². The van der Waals surface area contributed by atoms with E-state index in [1.54, 1.807) is 0 Å². The van der Waals surface area contributed by atoms with Crippen LogP contribution in [0.5, 0.6) is 11.5 Å². The first-order valence-electron chi connectivity index (χ1n) is 18.9. The second-order valence-electron chi connectivity index (χ2n) is 18.7. The minimum absolute atomic E-state index is 0.153. The fraction of sp³-hybridized carbons (Fsp3) is 0.721. The Morgan fingerprint density at radius 2 is 0.898 bits per heavy atom. The molecule has 2 aliphatic rings. The van der Waals surface area contributed by atoms with Crippen LogP contribution in [0.2, 0.25) is 0 Å². The van der Waals surface area contributed by atoms with Gasteiger partial charge in [0.1, 0.15) is 11.5 Å². The molecule has 6 heteroatoms. The second kappa shape index (κ2) is 15.2. The molecule has 0 saturated carbocycles. The summed E-state index contributed by atoms with van der Waals surface area (Å²) < 4.78 is 25.9. The summed E-state index contributed by atoms with van der Waals surface area (Å²) in [6, 6.07) is 8.72. The van der Waals surface area contributed by atoms with Crippen LogP contribution in [0.15, 0.2) is 24.3 Å². The Kier molecular flexibility index (Phi) is 12.3. The topological polar surface area (TPSA) is 77.4 Å². The molecular weight excluding hydrogens is 612 g/mol. The molecule has 0 atom stereocenters. The van der Waals surface area contributed by atoms with Gasteiger partial charge in [-0.25, -0.2) is 0 Å². The SMILES string of the molecule is CCCCc1cc(CC(C)(C)C2OCC3(CO2)COC(C(C)(C)Cc2cc(CCCC)c(O)c(C(C)(C)C)c2)OC3)cc(C(C)(C)C)c1O. The number of rotatable bonds is 12. The summed E-state index contributed by atoms with van der Waals surface area (Å²) in [4.78, 5) is 0. The predicted molar refractivity (Wildman–Crippen MR) is 200 cm³/mol. The lowest BCUT2D eigenvalue weighted by atomic mass is 9.78. The van der Waals surface area contributed by atoms with Crippen molar-refractivity contribution in [3.05, 3.63) is 57.6 Å². The Balaban J connectivity index is 1.40. The maximum atomic E-state index is 11.1. The van der Waals surface area contributed by atoms with Crippen molar-refractivity contribution in [3.8, 4) is 11.5 Å². The molecule has 2 aliphatic heterocycles. The summed E-state index contributed by atoms with van der Waals surface area (Å²) >= 11 is 0. The molecule has 1 spiro atoms. The first-order chi connectivity index (χ1) is 22.7. The monoisotopic (exact) mass is 681 g/mol. The van der Waals surface area contributed by atoms with Gasteiger partial charge in [0.25, 0.3) is 0 Å². The van der Waals surface area contributed by atoms with Gasteiger partial charge in [0.2, 0.25) is 0 Å². The molecule has 2 aromatic rings. The summed E-state index contributed by atoms with van der Waals surface area (Å²) in [6.45, 7) is 28.3. The molecule has 2 aromatic carbocycles. The fourth-order valence-electron chi connectivity index (χ4n) is 7.46. The van der Waals surface area contributed by atoms with Crippen LogP contribution in [0.3, 0.4) is 0 Å². The Labute approximate surface area is 298 Å². The summed E-state index contributed by atoms with van der Waals surface area (Å²) in [5.74, 6) is 0.894. The zero-order valence-electron chi connectivity index (χ0n) is 33.0. The third kappa shape index (κ3) is 9.61. The number of hydrogen-bond acceptors (Lipinski definition) is 6. The Morgan fingerprint density at radius 3 is 1.18 bits per heavy atom. The zero-order valence-corrected chi connectivity index (χ0v) is 33.0. The molecule has 2 heterocycles. The van der Waals surface area contributed by atoms with Gasteiger partial charge >= 0.3 is 0 Å². The standard InChI is InChI=1S/C43H68O6/c1-13-15-17-31-19-29(21-33(35(31)44)39(3,4)5)23-41(9,10)37-46-25-43(26-47-37)27-48-38(49-28-43)42(11,12)24-30-20-32(18-16-14-2)36(45)34(22-30)40(6,7)8/h19-22,37-38,44-45H,13-18,23-28H2,1-12H3. The molecule has 4 rings (SSSR count). The number of phenols is 2.